The molecule has 0 rings (SSSR count). The van der Waals surface area contributed by atoms with E-state index in [9.17, 15) is 14.4 Å². The summed E-state index contributed by atoms with van der Waals surface area (Å²) >= 11 is 0. The molecule has 0 saturated heterocycles. The van der Waals surface area contributed by atoms with Crippen LogP contribution in [-0.4, -0.2) is 37.2 Å². The third-order valence-corrected chi connectivity index (χ3v) is 15.0. The SMILES string of the molecule is CC/C=C\C/C=C\C/C=C\C/C=C\CCCCCCCCCCCCCCCCC(=O)OCC(COC(=O)CCCCCCC/C=C\CCC)OC(=O)CCCCCCCCCCCCCCCCCCCCCCCC. The van der Waals surface area contributed by atoms with Crippen molar-refractivity contribution in [3.8, 4) is 0 Å². The Labute approximate surface area is 479 Å². The molecule has 0 bridgehead atoms. The maximum Gasteiger partial charge on any atom is 0.306 e. The van der Waals surface area contributed by atoms with Gasteiger partial charge >= 0.3 is 17.9 Å². The van der Waals surface area contributed by atoms with Gasteiger partial charge in [-0.2, -0.15) is 0 Å². The molecule has 0 radical (unpaired) electrons. The molecule has 0 aromatic carbocycles. The summed E-state index contributed by atoms with van der Waals surface area (Å²) < 4.78 is 16.9. The second-order valence-corrected chi connectivity index (χ2v) is 22.7. The fourth-order valence-corrected chi connectivity index (χ4v) is 9.97. The fourth-order valence-electron chi connectivity index (χ4n) is 9.97. The van der Waals surface area contributed by atoms with Gasteiger partial charge in [0.15, 0.2) is 6.10 Å². The average molecular weight is 1080 g/mol. The Kier molecular flexibility index (Phi) is 63.2. The summed E-state index contributed by atoms with van der Waals surface area (Å²) in [4.78, 5) is 38.3. The van der Waals surface area contributed by atoms with Crippen LogP contribution in [0.3, 0.4) is 0 Å². The number of hydrogen-bond donors (Lipinski definition) is 0. The minimum Gasteiger partial charge on any atom is -0.462 e. The molecule has 6 heteroatoms. The van der Waals surface area contributed by atoms with E-state index in [0.717, 1.165) is 96.3 Å². The van der Waals surface area contributed by atoms with E-state index in [4.69, 9.17) is 14.2 Å². The van der Waals surface area contributed by atoms with Crippen LogP contribution in [-0.2, 0) is 28.6 Å². The Balaban J connectivity index is 4.16. The highest BCUT2D eigenvalue weighted by atomic mass is 16.6. The van der Waals surface area contributed by atoms with Crippen LogP contribution in [0.15, 0.2) is 60.8 Å². The van der Waals surface area contributed by atoms with Crippen molar-refractivity contribution >= 4 is 17.9 Å². The van der Waals surface area contributed by atoms with Gasteiger partial charge in [0.1, 0.15) is 13.2 Å². The van der Waals surface area contributed by atoms with Gasteiger partial charge < -0.3 is 14.2 Å². The van der Waals surface area contributed by atoms with Gasteiger partial charge in [-0.1, -0.05) is 319 Å². The van der Waals surface area contributed by atoms with Crippen molar-refractivity contribution in [2.24, 2.45) is 0 Å². The molecular formula is C71H128O6. The predicted molar refractivity (Wildman–Crippen MR) is 335 cm³/mol. The van der Waals surface area contributed by atoms with Crippen LogP contribution in [0.5, 0.6) is 0 Å². The van der Waals surface area contributed by atoms with Crippen molar-refractivity contribution < 1.29 is 28.6 Å². The van der Waals surface area contributed by atoms with Crippen LogP contribution in [0.1, 0.15) is 355 Å². The molecule has 0 aliphatic rings. The summed E-state index contributed by atoms with van der Waals surface area (Å²) in [5.41, 5.74) is 0. The molecule has 0 aliphatic carbocycles. The lowest BCUT2D eigenvalue weighted by atomic mass is 10.0. The molecule has 6 nitrogen and oxygen atoms in total. The van der Waals surface area contributed by atoms with E-state index in [2.05, 4.69) is 81.5 Å². The number of unbranched alkanes of at least 4 members (excludes halogenated alkanes) is 41. The zero-order chi connectivity index (χ0) is 55.7. The van der Waals surface area contributed by atoms with Crippen molar-refractivity contribution in [2.45, 2.75) is 361 Å². The van der Waals surface area contributed by atoms with Crippen LogP contribution in [0.25, 0.3) is 0 Å². The summed E-state index contributed by atoms with van der Waals surface area (Å²) in [5.74, 6) is -0.863. The highest BCUT2D eigenvalue weighted by molar-refractivity contribution is 5.71. The molecule has 0 aromatic rings. The topological polar surface area (TPSA) is 78.9 Å². The monoisotopic (exact) mass is 1080 g/mol. The number of allylic oxidation sites excluding steroid dienone is 10. The molecule has 0 aliphatic heterocycles. The van der Waals surface area contributed by atoms with Crippen LogP contribution in [0.4, 0.5) is 0 Å². The highest BCUT2D eigenvalue weighted by Gasteiger charge is 2.19. The Hall–Kier alpha value is -2.89. The summed E-state index contributed by atoms with van der Waals surface area (Å²) in [5, 5.41) is 0. The van der Waals surface area contributed by atoms with Gasteiger partial charge in [-0.15, -0.1) is 0 Å². The van der Waals surface area contributed by atoms with E-state index < -0.39 is 6.10 Å². The first kappa shape index (κ1) is 74.1. The van der Waals surface area contributed by atoms with Crippen LogP contribution in [0.2, 0.25) is 0 Å². The summed E-state index contributed by atoms with van der Waals surface area (Å²) in [6.45, 7) is 6.52. The quantitative estimate of drug-likeness (QED) is 0.0261. The lowest BCUT2D eigenvalue weighted by Crippen LogP contribution is -2.30. The molecule has 0 aromatic heterocycles. The molecule has 1 unspecified atom stereocenters. The molecule has 448 valence electrons. The lowest BCUT2D eigenvalue weighted by Gasteiger charge is -2.18. The number of ether oxygens (including phenoxy) is 3. The van der Waals surface area contributed by atoms with Crippen molar-refractivity contribution in [1.29, 1.82) is 0 Å². The molecular weight excluding hydrogens is 949 g/mol. The average Bonchev–Trinajstić information content (AvgIpc) is 3.43. The lowest BCUT2D eigenvalue weighted by molar-refractivity contribution is -0.167. The second-order valence-electron chi connectivity index (χ2n) is 22.7. The van der Waals surface area contributed by atoms with Gasteiger partial charge in [-0.25, -0.2) is 0 Å². The van der Waals surface area contributed by atoms with Gasteiger partial charge in [0.2, 0.25) is 0 Å². The number of esters is 3. The first-order valence-corrected chi connectivity index (χ1v) is 33.8. The fraction of sp³-hybridized carbons (Fsp3) is 0.817. The second kappa shape index (κ2) is 65.6. The van der Waals surface area contributed by atoms with Crippen LogP contribution >= 0.6 is 0 Å². The first-order valence-electron chi connectivity index (χ1n) is 33.8. The van der Waals surface area contributed by atoms with Gasteiger partial charge in [0.25, 0.3) is 0 Å². The van der Waals surface area contributed by atoms with E-state index in [1.807, 2.05) is 0 Å². The highest BCUT2D eigenvalue weighted by Crippen LogP contribution is 2.18. The number of rotatable bonds is 62. The molecule has 0 amide bonds. The maximum absolute atomic E-state index is 12.9. The van der Waals surface area contributed by atoms with Crippen molar-refractivity contribution in [3.05, 3.63) is 60.8 Å². The Morgan fingerprint density at radius 1 is 0.273 bits per heavy atom. The number of carbonyl (C=O) groups is 3. The first-order chi connectivity index (χ1) is 38.0. The molecule has 0 saturated carbocycles. The van der Waals surface area contributed by atoms with Crippen LogP contribution in [0, 0.1) is 0 Å². The Morgan fingerprint density at radius 2 is 0.532 bits per heavy atom. The zero-order valence-corrected chi connectivity index (χ0v) is 51.5. The number of carbonyl (C=O) groups excluding carboxylic acids is 3. The molecule has 0 spiro atoms. The largest absolute Gasteiger partial charge is 0.462 e. The van der Waals surface area contributed by atoms with E-state index in [1.165, 1.54) is 218 Å². The van der Waals surface area contributed by atoms with E-state index in [-0.39, 0.29) is 31.1 Å². The molecule has 1 atom stereocenters. The smallest absolute Gasteiger partial charge is 0.306 e. The Bertz CT molecular complexity index is 1380. The summed E-state index contributed by atoms with van der Waals surface area (Å²) in [6, 6.07) is 0. The van der Waals surface area contributed by atoms with E-state index in [0.29, 0.717) is 19.3 Å². The molecule has 77 heavy (non-hydrogen) atoms. The molecule has 0 N–H and O–H groups in total. The molecule has 0 fully saturated rings. The van der Waals surface area contributed by atoms with Crippen molar-refractivity contribution in [1.82, 2.24) is 0 Å². The van der Waals surface area contributed by atoms with Gasteiger partial charge in [0.05, 0.1) is 0 Å². The minimum atomic E-state index is -0.775. The number of hydrogen-bond acceptors (Lipinski definition) is 6. The normalized spacial score (nSPS) is 12.4. The minimum absolute atomic E-state index is 0.0728. The third-order valence-electron chi connectivity index (χ3n) is 15.0. The Morgan fingerprint density at radius 3 is 0.857 bits per heavy atom. The van der Waals surface area contributed by atoms with Crippen LogP contribution < -0.4 is 0 Å². The predicted octanol–water partition coefficient (Wildman–Crippen LogP) is 23.1. The van der Waals surface area contributed by atoms with E-state index in [1.54, 1.807) is 0 Å². The summed E-state index contributed by atoms with van der Waals surface area (Å²) in [7, 11) is 0. The van der Waals surface area contributed by atoms with Gasteiger partial charge in [-0.05, 0) is 77.0 Å². The van der Waals surface area contributed by atoms with Gasteiger partial charge in [0, 0.05) is 19.3 Å². The third kappa shape index (κ3) is 63.8. The zero-order valence-electron chi connectivity index (χ0n) is 51.5. The van der Waals surface area contributed by atoms with Crippen molar-refractivity contribution in [2.75, 3.05) is 13.2 Å². The molecule has 0 heterocycles. The standard InChI is InChI=1S/C71H128O6/c1-4-7-10-13-16-19-22-24-26-28-30-32-34-35-36-37-38-40-41-43-45-47-49-52-55-58-61-64-70(73)76-67-68(66-75-69(72)63-60-57-54-51-21-18-15-12-9-6-3)77-71(74)65-62-59-56-53-50-48-46-44-42-39-33-31-29-27-25-23-20-17-14-11-8-5-2/h7,10,12,15-16,19,24,26,30,32,68H,4-6,8-9,11,13-14,17-18,20-23,25,27-29,31,33-67H2,1-3H3/b10-7-,15-12-,19-16-,26-24-,32-30-. The summed E-state index contributed by atoms with van der Waals surface area (Å²) in [6.07, 6.45) is 84.0. The van der Waals surface area contributed by atoms with E-state index >= 15 is 0 Å². The van der Waals surface area contributed by atoms with Gasteiger partial charge in [-0.3, -0.25) is 14.4 Å². The van der Waals surface area contributed by atoms with Crippen molar-refractivity contribution in [3.63, 3.8) is 0 Å². The maximum atomic E-state index is 12.9.